The molecule has 0 saturated heterocycles. The Kier molecular flexibility index (Phi) is 7.28. The Hall–Kier alpha value is -1.30. The highest BCUT2D eigenvalue weighted by Crippen LogP contribution is 2.10. The van der Waals surface area contributed by atoms with Crippen LogP contribution in [-0.2, 0) is 9.53 Å². The second-order valence-electron chi connectivity index (χ2n) is 4.02. The van der Waals surface area contributed by atoms with Gasteiger partial charge in [0, 0.05) is 6.54 Å². The lowest BCUT2D eigenvalue weighted by atomic mass is 9.96. The zero-order chi connectivity index (χ0) is 12.6. The smallest absolute Gasteiger partial charge is 0.404 e. The van der Waals surface area contributed by atoms with E-state index in [2.05, 4.69) is 10.1 Å². The zero-order valence-electron chi connectivity index (χ0n) is 9.86. The molecule has 0 aromatic carbocycles. The summed E-state index contributed by atoms with van der Waals surface area (Å²) in [6.07, 6.45) is -0.0919. The highest BCUT2D eigenvalue weighted by Gasteiger charge is 2.17. The van der Waals surface area contributed by atoms with Crippen LogP contribution >= 0.6 is 0 Å². The van der Waals surface area contributed by atoms with Gasteiger partial charge in [-0.05, 0) is 12.3 Å². The van der Waals surface area contributed by atoms with Gasteiger partial charge >= 0.3 is 6.09 Å². The third-order valence-corrected chi connectivity index (χ3v) is 2.06. The molecule has 0 saturated carbocycles. The van der Waals surface area contributed by atoms with Crippen molar-refractivity contribution >= 4 is 12.0 Å². The fraction of sp³-hybridized carbons (Fsp3) is 0.800. The Balaban J connectivity index is 3.79. The third kappa shape index (κ3) is 7.05. The summed E-state index contributed by atoms with van der Waals surface area (Å²) in [6.45, 7) is 4.73. The van der Waals surface area contributed by atoms with Crippen LogP contribution in [0.2, 0.25) is 0 Å². The average Bonchev–Trinajstić information content (AvgIpc) is 2.20. The topological polar surface area (TPSA) is 107 Å². The molecule has 6 heteroatoms. The molecule has 0 fully saturated rings. The Bertz CT molecular complexity index is 231. The van der Waals surface area contributed by atoms with Crippen LogP contribution in [0.3, 0.4) is 0 Å². The Morgan fingerprint density at radius 3 is 2.44 bits per heavy atom. The number of hydrogen-bond donors (Lipinski definition) is 3. The highest BCUT2D eigenvalue weighted by molar-refractivity contribution is 5.78. The maximum atomic E-state index is 11.6. The van der Waals surface area contributed by atoms with Crippen molar-refractivity contribution in [3.63, 3.8) is 0 Å². The van der Waals surface area contributed by atoms with E-state index in [1.54, 1.807) is 0 Å². The van der Waals surface area contributed by atoms with Gasteiger partial charge in [-0.15, -0.1) is 0 Å². The van der Waals surface area contributed by atoms with Gasteiger partial charge in [-0.3, -0.25) is 4.79 Å². The van der Waals surface area contributed by atoms with Gasteiger partial charge in [0.05, 0.1) is 12.5 Å². The SMILES string of the molecule is CC(C)CC(CN)C(=O)NCCOC(N)=O. The number of carbonyl (C=O) groups is 2. The van der Waals surface area contributed by atoms with E-state index < -0.39 is 6.09 Å². The van der Waals surface area contributed by atoms with Crippen LogP contribution in [0.5, 0.6) is 0 Å². The van der Waals surface area contributed by atoms with Crippen LogP contribution in [0, 0.1) is 11.8 Å². The van der Waals surface area contributed by atoms with E-state index in [1.165, 1.54) is 0 Å². The van der Waals surface area contributed by atoms with Gasteiger partial charge in [-0.25, -0.2) is 4.79 Å². The number of nitrogens with one attached hydrogen (secondary N) is 1. The van der Waals surface area contributed by atoms with E-state index in [-0.39, 0.29) is 25.0 Å². The van der Waals surface area contributed by atoms with Gasteiger partial charge in [0.2, 0.25) is 5.91 Å². The molecule has 0 spiro atoms. The van der Waals surface area contributed by atoms with Gasteiger partial charge in [-0.1, -0.05) is 13.8 Å². The molecule has 0 heterocycles. The average molecular weight is 231 g/mol. The van der Waals surface area contributed by atoms with Crippen molar-refractivity contribution in [2.45, 2.75) is 20.3 Å². The van der Waals surface area contributed by atoms with E-state index in [4.69, 9.17) is 11.5 Å². The molecule has 0 aliphatic carbocycles. The fourth-order valence-corrected chi connectivity index (χ4v) is 1.35. The lowest BCUT2D eigenvalue weighted by Gasteiger charge is -2.16. The number of hydrogen-bond acceptors (Lipinski definition) is 4. The van der Waals surface area contributed by atoms with Crippen LogP contribution in [0.4, 0.5) is 4.79 Å². The molecule has 0 aliphatic rings. The number of primary amides is 1. The third-order valence-electron chi connectivity index (χ3n) is 2.06. The van der Waals surface area contributed by atoms with E-state index in [0.29, 0.717) is 12.5 Å². The molecule has 5 N–H and O–H groups in total. The number of nitrogens with two attached hydrogens (primary N) is 2. The van der Waals surface area contributed by atoms with Crippen molar-refractivity contribution in [1.29, 1.82) is 0 Å². The zero-order valence-corrected chi connectivity index (χ0v) is 9.86. The monoisotopic (exact) mass is 231 g/mol. The first kappa shape index (κ1) is 14.7. The van der Waals surface area contributed by atoms with Crippen molar-refractivity contribution in [3.8, 4) is 0 Å². The standard InChI is InChI=1S/C10H21N3O3/c1-7(2)5-8(6-11)9(14)13-3-4-16-10(12)15/h7-8H,3-6,11H2,1-2H3,(H2,12,15)(H,13,14). The first-order valence-corrected chi connectivity index (χ1v) is 5.37. The second-order valence-corrected chi connectivity index (χ2v) is 4.02. The molecule has 0 aromatic rings. The first-order chi connectivity index (χ1) is 7.47. The predicted octanol–water partition coefficient (Wildman–Crippen LogP) is -0.181. The Morgan fingerprint density at radius 1 is 1.38 bits per heavy atom. The summed E-state index contributed by atoms with van der Waals surface area (Å²) in [5.41, 5.74) is 10.3. The quantitative estimate of drug-likeness (QED) is 0.528. The lowest BCUT2D eigenvalue weighted by Crippen LogP contribution is -2.37. The normalized spacial score (nSPS) is 12.2. The summed E-state index contributed by atoms with van der Waals surface area (Å²) >= 11 is 0. The highest BCUT2D eigenvalue weighted by atomic mass is 16.5. The molecule has 0 radical (unpaired) electrons. The van der Waals surface area contributed by atoms with E-state index >= 15 is 0 Å². The van der Waals surface area contributed by atoms with Crippen LogP contribution < -0.4 is 16.8 Å². The minimum atomic E-state index is -0.841. The minimum Gasteiger partial charge on any atom is -0.448 e. The molecular weight excluding hydrogens is 210 g/mol. The van der Waals surface area contributed by atoms with Crippen molar-refractivity contribution in [2.24, 2.45) is 23.3 Å². The number of rotatable bonds is 7. The van der Waals surface area contributed by atoms with Crippen LogP contribution in [0.25, 0.3) is 0 Å². The molecule has 6 nitrogen and oxygen atoms in total. The van der Waals surface area contributed by atoms with Crippen LogP contribution in [0.1, 0.15) is 20.3 Å². The Labute approximate surface area is 95.7 Å². The summed E-state index contributed by atoms with van der Waals surface area (Å²) in [7, 11) is 0. The molecule has 16 heavy (non-hydrogen) atoms. The minimum absolute atomic E-state index is 0.0834. The molecule has 1 atom stereocenters. The van der Waals surface area contributed by atoms with Crippen molar-refractivity contribution in [3.05, 3.63) is 0 Å². The second kappa shape index (κ2) is 7.92. The number of ether oxygens (including phenoxy) is 1. The summed E-state index contributed by atoms with van der Waals surface area (Å²) in [6, 6.07) is 0. The van der Waals surface area contributed by atoms with Crippen LogP contribution in [-0.4, -0.2) is 31.7 Å². The van der Waals surface area contributed by atoms with E-state index in [1.807, 2.05) is 13.8 Å². The molecule has 0 bridgehead atoms. The van der Waals surface area contributed by atoms with Gasteiger partial charge in [-0.2, -0.15) is 0 Å². The summed E-state index contributed by atoms with van der Waals surface area (Å²) in [4.78, 5) is 21.8. The fourth-order valence-electron chi connectivity index (χ4n) is 1.35. The van der Waals surface area contributed by atoms with Gasteiger partial charge in [0.15, 0.2) is 0 Å². The van der Waals surface area contributed by atoms with Crippen molar-refractivity contribution < 1.29 is 14.3 Å². The summed E-state index contributed by atoms with van der Waals surface area (Å²) in [5, 5.41) is 2.64. The predicted molar refractivity (Wildman–Crippen MR) is 60.5 cm³/mol. The van der Waals surface area contributed by atoms with E-state index in [0.717, 1.165) is 6.42 Å². The number of amides is 2. The largest absolute Gasteiger partial charge is 0.448 e. The molecule has 1 unspecified atom stereocenters. The summed E-state index contributed by atoms with van der Waals surface area (Å²) in [5.74, 6) is 0.124. The molecule has 0 aliphatic heterocycles. The van der Waals surface area contributed by atoms with Gasteiger partial charge in [0.1, 0.15) is 6.61 Å². The van der Waals surface area contributed by atoms with Crippen LogP contribution in [0.15, 0.2) is 0 Å². The molecular formula is C10H21N3O3. The van der Waals surface area contributed by atoms with Gasteiger partial charge in [0.25, 0.3) is 0 Å². The van der Waals surface area contributed by atoms with Crippen molar-refractivity contribution in [2.75, 3.05) is 19.7 Å². The lowest BCUT2D eigenvalue weighted by molar-refractivity contribution is -0.125. The molecule has 0 rings (SSSR count). The maximum absolute atomic E-state index is 11.6. The first-order valence-electron chi connectivity index (χ1n) is 5.37. The molecule has 0 aromatic heterocycles. The maximum Gasteiger partial charge on any atom is 0.404 e. The van der Waals surface area contributed by atoms with Crippen molar-refractivity contribution in [1.82, 2.24) is 5.32 Å². The molecule has 94 valence electrons. The van der Waals surface area contributed by atoms with E-state index in [9.17, 15) is 9.59 Å². The van der Waals surface area contributed by atoms with Gasteiger partial charge < -0.3 is 21.5 Å². The Morgan fingerprint density at radius 2 is 2.00 bits per heavy atom. The number of carbonyl (C=O) groups excluding carboxylic acids is 2. The molecule has 2 amide bonds. The summed E-state index contributed by atoms with van der Waals surface area (Å²) < 4.78 is 4.48.